The van der Waals surface area contributed by atoms with Crippen LogP contribution in [0.2, 0.25) is 0 Å². The van der Waals surface area contributed by atoms with Gasteiger partial charge < -0.3 is 15.6 Å². The summed E-state index contributed by atoms with van der Waals surface area (Å²) in [6.07, 6.45) is 0. The molecule has 1 rings (SSSR count). The number of carboxylic acids is 1. The number of methoxy groups -OCH3 is 1. The first-order valence-corrected chi connectivity index (χ1v) is 4.28. The normalized spacial score (nSPS) is 9.71. The molecule has 0 aliphatic rings. The molecule has 0 atom stereocenters. The Kier molecular flexibility index (Phi) is 3.27. The summed E-state index contributed by atoms with van der Waals surface area (Å²) in [6.45, 7) is 0. The molecular formula is C9H8N2O6. The van der Waals surface area contributed by atoms with Crippen molar-refractivity contribution in [3.63, 3.8) is 0 Å². The number of non-ortho nitro benzene ring substituents is 1. The summed E-state index contributed by atoms with van der Waals surface area (Å²) in [6, 6.07) is 1.71. The van der Waals surface area contributed by atoms with E-state index < -0.39 is 33.6 Å². The molecule has 90 valence electrons. The third-order valence-corrected chi connectivity index (χ3v) is 2.00. The minimum atomic E-state index is -1.45. The van der Waals surface area contributed by atoms with Gasteiger partial charge in [-0.15, -0.1) is 0 Å². The van der Waals surface area contributed by atoms with Crippen molar-refractivity contribution in [3.05, 3.63) is 33.4 Å². The maximum Gasteiger partial charge on any atom is 0.340 e. The van der Waals surface area contributed by atoms with Crippen molar-refractivity contribution >= 4 is 17.6 Å². The highest BCUT2D eigenvalue weighted by Crippen LogP contribution is 2.28. The molecule has 1 amide bonds. The highest BCUT2D eigenvalue weighted by molar-refractivity contribution is 6.06. The van der Waals surface area contributed by atoms with E-state index in [0.29, 0.717) is 0 Å². The average molecular weight is 240 g/mol. The number of nitrogens with zero attached hydrogens (tertiary/aromatic N) is 1. The van der Waals surface area contributed by atoms with Crippen LogP contribution in [-0.4, -0.2) is 29.0 Å². The number of nitrogens with two attached hydrogens (primary N) is 1. The first-order chi connectivity index (χ1) is 7.88. The molecule has 0 aliphatic carbocycles. The summed E-state index contributed by atoms with van der Waals surface area (Å²) in [5.74, 6) is -2.82. The molecule has 0 heterocycles. The first-order valence-electron chi connectivity index (χ1n) is 4.28. The van der Waals surface area contributed by atoms with Gasteiger partial charge in [0, 0.05) is 6.07 Å². The van der Waals surface area contributed by atoms with Gasteiger partial charge in [-0.2, -0.15) is 0 Å². The second-order valence-corrected chi connectivity index (χ2v) is 3.00. The van der Waals surface area contributed by atoms with Gasteiger partial charge in [0.25, 0.3) is 5.69 Å². The Bertz CT molecular complexity index is 510. The van der Waals surface area contributed by atoms with Crippen molar-refractivity contribution in [2.75, 3.05) is 7.11 Å². The maximum absolute atomic E-state index is 11.0. The summed E-state index contributed by atoms with van der Waals surface area (Å²) in [5.41, 5.74) is 3.53. The van der Waals surface area contributed by atoms with Gasteiger partial charge in [0.2, 0.25) is 5.91 Å². The molecule has 0 radical (unpaired) electrons. The van der Waals surface area contributed by atoms with Crippen molar-refractivity contribution in [1.82, 2.24) is 0 Å². The molecule has 0 aliphatic heterocycles. The molecule has 8 nitrogen and oxygen atoms in total. The Morgan fingerprint density at radius 3 is 2.41 bits per heavy atom. The third-order valence-electron chi connectivity index (χ3n) is 2.00. The number of carbonyl (C=O) groups is 2. The minimum absolute atomic E-state index is 0.291. The molecule has 1 aromatic carbocycles. The molecule has 0 bridgehead atoms. The van der Waals surface area contributed by atoms with Crippen LogP contribution in [0, 0.1) is 10.1 Å². The zero-order chi connectivity index (χ0) is 13.2. The van der Waals surface area contributed by atoms with Crippen molar-refractivity contribution in [2.45, 2.75) is 0 Å². The van der Waals surface area contributed by atoms with Crippen LogP contribution in [0.15, 0.2) is 12.1 Å². The van der Waals surface area contributed by atoms with E-state index in [4.69, 9.17) is 15.6 Å². The van der Waals surface area contributed by atoms with E-state index in [9.17, 15) is 19.7 Å². The van der Waals surface area contributed by atoms with E-state index in [0.717, 1.165) is 19.2 Å². The Morgan fingerprint density at radius 1 is 1.47 bits per heavy atom. The highest BCUT2D eigenvalue weighted by atomic mass is 16.6. The second-order valence-electron chi connectivity index (χ2n) is 3.00. The van der Waals surface area contributed by atoms with Crippen LogP contribution in [0.5, 0.6) is 5.75 Å². The van der Waals surface area contributed by atoms with Gasteiger partial charge in [0.15, 0.2) is 0 Å². The molecule has 17 heavy (non-hydrogen) atoms. The molecule has 0 fully saturated rings. The lowest BCUT2D eigenvalue weighted by atomic mass is 10.0. The molecule has 1 aromatic rings. The monoisotopic (exact) mass is 240 g/mol. The molecule has 0 aromatic heterocycles. The van der Waals surface area contributed by atoms with E-state index in [1.54, 1.807) is 0 Å². The zero-order valence-electron chi connectivity index (χ0n) is 8.67. The van der Waals surface area contributed by atoms with Crippen LogP contribution in [0.25, 0.3) is 0 Å². The fraction of sp³-hybridized carbons (Fsp3) is 0.111. The minimum Gasteiger partial charge on any atom is -0.496 e. The molecule has 0 spiro atoms. The van der Waals surface area contributed by atoms with E-state index in [1.807, 2.05) is 0 Å². The van der Waals surface area contributed by atoms with Crippen LogP contribution >= 0.6 is 0 Å². The number of nitro benzene ring substituents is 1. The summed E-state index contributed by atoms with van der Waals surface area (Å²) >= 11 is 0. The number of primary amides is 1. The van der Waals surface area contributed by atoms with Crippen molar-refractivity contribution < 1.29 is 24.4 Å². The Hall–Kier alpha value is -2.64. The quantitative estimate of drug-likeness (QED) is 0.578. The number of hydrogen-bond acceptors (Lipinski definition) is 5. The Labute approximate surface area is 94.7 Å². The lowest BCUT2D eigenvalue weighted by Crippen LogP contribution is -2.17. The first kappa shape index (κ1) is 12.4. The van der Waals surface area contributed by atoms with E-state index >= 15 is 0 Å². The highest BCUT2D eigenvalue weighted by Gasteiger charge is 2.24. The lowest BCUT2D eigenvalue weighted by Gasteiger charge is -2.08. The van der Waals surface area contributed by atoms with Crippen LogP contribution in [0.4, 0.5) is 5.69 Å². The van der Waals surface area contributed by atoms with Crippen LogP contribution in [-0.2, 0) is 0 Å². The Morgan fingerprint density at radius 2 is 2.06 bits per heavy atom. The number of amides is 1. The second kappa shape index (κ2) is 4.47. The summed E-state index contributed by atoms with van der Waals surface area (Å²) in [4.78, 5) is 31.8. The number of nitro groups is 1. The average Bonchev–Trinajstić information content (AvgIpc) is 2.26. The number of hydrogen-bond donors (Lipinski definition) is 2. The topological polar surface area (TPSA) is 133 Å². The van der Waals surface area contributed by atoms with Crippen LogP contribution in [0.3, 0.4) is 0 Å². The Balaban J connectivity index is 3.63. The smallest absolute Gasteiger partial charge is 0.340 e. The largest absolute Gasteiger partial charge is 0.496 e. The van der Waals surface area contributed by atoms with E-state index in [-0.39, 0.29) is 5.75 Å². The van der Waals surface area contributed by atoms with Gasteiger partial charge >= 0.3 is 5.97 Å². The fourth-order valence-corrected chi connectivity index (χ4v) is 1.28. The molecule has 3 N–H and O–H groups in total. The summed E-state index contributed by atoms with van der Waals surface area (Å²) in [5, 5.41) is 19.5. The van der Waals surface area contributed by atoms with Crippen LogP contribution < -0.4 is 10.5 Å². The van der Waals surface area contributed by atoms with Gasteiger partial charge in [-0.25, -0.2) is 4.79 Å². The molecule has 8 heteroatoms. The summed E-state index contributed by atoms with van der Waals surface area (Å²) in [7, 11) is 1.14. The molecule has 0 saturated carbocycles. The number of carboxylic acid groups (broad SMARTS) is 1. The zero-order valence-corrected chi connectivity index (χ0v) is 8.67. The molecule has 0 saturated heterocycles. The summed E-state index contributed by atoms with van der Waals surface area (Å²) < 4.78 is 4.70. The number of ether oxygens (including phenoxy) is 1. The molecule has 0 unspecified atom stereocenters. The maximum atomic E-state index is 11.0. The van der Waals surface area contributed by atoms with Crippen molar-refractivity contribution in [2.24, 2.45) is 5.73 Å². The van der Waals surface area contributed by atoms with Gasteiger partial charge in [-0.05, 0) is 0 Å². The van der Waals surface area contributed by atoms with Crippen LogP contribution in [0.1, 0.15) is 20.7 Å². The van der Waals surface area contributed by atoms with Crippen molar-refractivity contribution in [1.29, 1.82) is 0 Å². The molecular weight excluding hydrogens is 232 g/mol. The van der Waals surface area contributed by atoms with E-state index in [2.05, 4.69) is 0 Å². The van der Waals surface area contributed by atoms with Gasteiger partial charge in [0.1, 0.15) is 11.3 Å². The van der Waals surface area contributed by atoms with Gasteiger partial charge in [0.05, 0.1) is 23.7 Å². The van der Waals surface area contributed by atoms with Gasteiger partial charge in [-0.1, -0.05) is 0 Å². The van der Waals surface area contributed by atoms with Gasteiger partial charge in [-0.3, -0.25) is 14.9 Å². The van der Waals surface area contributed by atoms with E-state index in [1.165, 1.54) is 0 Å². The third kappa shape index (κ3) is 2.30. The predicted molar refractivity (Wildman–Crippen MR) is 55.1 cm³/mol. The number of aromatic carboxylic acids is 1. The fourth-order valence-electron chi connectivity index (χ4n) is 1.28. The number of rotatable bonds is 4. The number of benzene rings is 1. The van der Waals surface area contributed by atoms with Crippen molar-refractivity contribution in [3.8, 4) is 5.75 Å². The standard InChI is InChI=1S/C9H8N2O6/c1-17-6-3-4(11(15)16)2-5(8(10)12)7(6)9(13)14/h2-3H,1H3,(H2,10,12)(H,13,14). The SMILES string of the molecule is COc1cc([N+](=O)[O-])cc(C(N)=O)c1C(=O)O. The number of carbonyl (C=O) groups excluding carboxylic acids is 1. The lowest BCUT2D eigenvalue weighted by molar-refractivity contribution is -0.385. The predicted octanol–water partition coefficient (Wildman–Crippen LogP) is 0.401.